The van der Waals surface area contributed by atoms with Crippen LogP contribution in [0.4, 0.5) is 0 Å². The molecule has 4 rings (SSSR count). The number of rotatable bonds is 11. The fourth-order valence-corrected chi connectivity index (χ4v) is 5.73. The van der Waals surface area contributed by atoms with Crippen molar-refractivity contribution in [2.45, 2.75) is 71.6 Å². The van der Waals surface area contributed by atoms with Gasteiger partial charge in [-0.3, -0.25) is 14.6 Å². The normalized spacial score (nSPS) is 18.2. The zero-order chi connectivity index (χ0) is 29.2. The number of nitrogens with two attached hydrogens (primary N) is 2. The van der Waals surface area contributed by atoms with Crippen molar-refractivity contribution >= 4 is 38.9 Å². The second-order valence-corrected chi connectivity index (χ2v) is 12.3. The number of ether oxygens (including phenoxy) is 2. The Morgan fingerprint density at radius 3 is 2.62 bits per heavy atom. The third-order valence-electron chi connectivity index (χ3n) is 6.93. The summed E-state index contributed by atoms with van der Waals surface area (Å²) in [5, 5.41) is 12.8. The summed E-state index contributed by atoms with van der Waals surface area (Å²) >= 11 is 1.58. The van der Waals surface area contributed by atoms with Crippen molar-refractivity contribution in [2.75, 3.05) is 6.61 Å². The third-order valence-corrected chi connectivity index (χ3v) is 8.07. The van der Waals surface area contributed by atoms with Gasteiger partial charge in [-0.15, -0.1) is 11.3 Å². The van der Waals surface area contributed by atoms with Crippen LogP contribution in [0.15, 0.2) is 30.6 Å². The predicted octanol–water partition coefficient (Wildman–Crippen LogP) is 3.61. The molecule has 0 spiro atoms. The van der Waals surface area contributed by atoms with Gasteiger partial charge in [0.15, 0.2) is 0 Å². The van der Waals surface area contributed by atoms with E-state index in [9.17, 15) is 14.7 Å². The number of carbonyl (C=O) groups excluding carboxylic acids is 2. The Morgan fingerprint density at radius 2 is 2.02 bits per heavy atom. The highest BCUT2D eigenvalue weighted by molar-refractivity contribution is 7.19. The van der Waals surface area contributed by atoms with E-state index in [-0.39, 0.29) is 41.7 Å². The number of fused-ring (bicyclic) bond motifs is 1. The molecule has 1 aliphatic rings. The van der Waals surface area contributed by atoms with Crippen LogP contribution in [0.5, 0.6) is 11.6 Å². The Bertz CT molecular complexity index is 1420. The summed E-state index contributed by atoms with van der Waals surface area (Å²) in [5.74, 6) is 0.236. The second kappa shape index (κ2) is 11.8. The quantitative estimate of drug-likeness (QED) is 0.255. The van der Waals surface area contributed by atoms with Crippen molar-refractivity contribution in [3.63, 3.8) is 0 Å². The molecule has 0 aliphatic heterocycles. The third kappa shape index (κ3) is 6.89. The van der Waals surface area contributed by atoms with Gasteiger partial charge in [-0.1, -0.05) is 0 Å². The molecule has 3 aromatic heterocycles. The van der Waals surface area contributed by atoms with Gasteiger partial charge in [0, 0.05) is 17.1 Å². The van der Waals surface area contributed by atoms with Crippen LogP contribution >= 0.6 is 11.3 Å². The van der Waals surface area contributed by atoms with Crippen LogP contribution in [0.1, 0.15) is 66.5 Å². The van der Waals surface area contributed by atoms with Crippen molar-refractivity contribution < 1.29 is 24.2 Å². The van der Waals surface area contributed by atoms with Gasteiger partial charge in [0.05, 0.1) is 39.4 Å². The van der Waals surface area contributed by atoms with Gasteiger partial charge in [-0.2, -0.15) is 0 Å². The fourth-order valence-electron chi connectivity index (χ4n) is 4.68. The molecular formula is C29H37N5O5S. The minimum Gasteiger partial charge on any atom is -0.489 e. The topological polar surface area (TPSA) is 163 Å². The van der Waals surface area contributed by atoms with E-state index in [2.05, 4.69) is 15.3 Å². The van der Waals surface area contributed by atoms with E-state index < -0.39 is 11.5 Å². The molecular weight excluding hydrogens is 530 g/mol. The summed E-state index contributed by atoms with van der Waals surface area (Å²) in [5.41, 5.74) is 13.3. The Hall–Kier alpha value is -3.70. The standard InChI is InChI=1S/C29H37N5O5S/c1-15(39-28-21(26(31)35)11-24-25(34-28)16(2)17(3)40-24)8-18-9-19(10-18)33-27(36)22(12-30)23-7-6-20(13-32-23)38-14-29(4,5)37/h6-7,11-13,15,18-19,37H,8-10,14,30H2,1-5H3,(H2,31,35)(H,33,36)/t15-,18?,19?/m0/s1. The minimum atomic E-state index is -0.967. The molecule has 3 aromatic rings. The number of carbonyl (C=O) groups is 2. The summed E-state index contributed by atoms with van der Waals surface area (Å²) < 4.78 is 12.5. The SMILES string of the molecule is Cc1sc2cc(C(N)=O)c(O[C@@H](C)CC3CC(NC(=O)C(=CN)c4ccc(OCC(C)(C)O)cn4)C3)nc2c1C. The first kappa shape index (κ1) is 29.3. The molecule has 10 nitrogen and oxygen atoms in total. The molecule has 0 saturated heterocycles. The average Bonchev–Trinajstić information content (AvgIpc) is 3.14. The maximum absolute atomic E-state index is 12.9. The summed E-state index contributed by atoms with van der Waals surface area (Å²) in [6, 6.07) is 5.12. The number of nitrogens with zero attached hydrogens (tertiary/aromatic N) is 2. The van der Waals surface area contributed by atoms with Crippen LogP contribution in [0.3, 0.4) is 0 Å². The number of thiophene rings is 1. The minimum absolute atomic E-state index is 0.0149. The van der Waals surface area contributed by atoms with Gasteiger partial charge >= 0.3 is 0 Å². The first-order valence-electron chi connectivity index (χ1n) is 13.3. The molecule has 0 aromatic carbocycles. The molecule has 1 atom stereocenters. The van der Waals surface area contributed by atoms with Crippen molar-refractivity contribution in [1.29, 1.82) is 0 Å². The number of hydrogen-bond acceptors (Lipinski definition) is 9. The molecule has 40 heavy (non-hydrogen) atoms. The van der Waals surface area contributed by atoms with Crippen molar-refractivity contribution in [3.05, 3.63) is 52.3 Å². The van der Waals surface area contributed by atoms with Crippen molar-refractivity contribution in [3.8, 4) is 11.6 Å². The van der Waals surface area contributed by atoms with Gasteiger partial charge < -0.3 is 31.4 Å². The smallest absolute Gasteiger partial charge is 0.255 e. The lowest BCUT2D eigenvalue weighted by Gasteiger charge is -2.37. The lowest BCUT2D eigenvalue weighted by molar-refractivity contribution is -0.117. The summed E-state index contributed by atoms with van der Waals surface area (Å²) in [4.78, 5) is 35.0. The highest BCUT2D eigenvalue weighted by Crippen LogP contribution is 2.35. The molecule has 3 heterocycles. The van der Waals surface area contributed by atoms with Crippen LogP contribution in [-0.2, 0) is 4.79 Å². The number of pyridine rings is 2. The van der Waals surface area contributed by atoms with E-state index in [4.69, 9.17) is 20.9 Å². The Morgan fingerprint density at radius 1 is 1.30 bits per heavy atom. The fraction of sp³-hybridized carbons (Fsp3) is 0.448. The highest BCUT2D eigenvalue weighted by Gasteiger charge is 2.33. The van der Waals surface area contributed by atoms with Crippen LogP contribution < -0.4 is 26.3 Å². The van der Waals surface area contributed by atoms with E-state index in [1.54, 1.807) is 43.4 Å². The first-order valence-corrected chi connectivity index (χ1v) is 14.1. The van der Waals surface area contributed by atoms with Gasteiger partial charge in [0.2, 0.25) is 5.88 Å². The van der Waals surface area contributed by atoms with E-state index >= 15 is 0 Å². The van der Waals surface area contributed by atoms with Gasteiger partial charge in [0.1, 0.15) is 17.9 Å². The lowest BCUT2D eigenvalue weighted by atomic mass is 9.77. The van der Waals surface area contributed by atoms with E-state index in [1.807, 2.05) is 20.8 Å². The number of aromatic nitrogens is 2. The zero-order valence-corrected chi connectivity index (χ0v) is 24.3. The molecule has 6 N–H and O–H groups in total. The molecule has 2 amide bonds. The maximum atomic E-state index is 12.9. The largest absolute Gasteiger partial charge is 0.489 e. The molecule has 1 fully saturated rings. The maximum Gasteiger partial charge on any atom is 0.255 e. The molecule has 1 saturated carbocycles. The monoisotopic (exact) mass is 567 g/mol. The van der Waals surface area contributed by atoms with E-state index in [0.29, 0.717) is 17.4 Å². The van der Waals surface area contributed by atoms with Crippen LogP contribution in [-0.4, -0.2) is 51.2 Å². The van der Waals surface area contributed by atoms with Crippen LogP contribution in [0.2, 0.25) is 0 Å². The number of aryl methyl sites for hydroxylation is 2. The first-order chi connectivity index (χ1) is 18.8. The van der Waals surface area contributed by atoms with E-state index in [0.717, 1.165) is 39.9 Å². The molecule has 0 radical (unpaired) electrons. The number of aliphatic hydroxyl groups is 1. The molecule has 11 heteroatoms. The number of nitrogens with one attached hydrogen (secondary N) is 1. The number of primary amides is 1. The lowest BCUT2D eigenvalue weighted by Crippen LogP contribution is -2.45. The summed E-state index contributed by atoms with van der Waals surface area (Å²) in [7, 11) is 0. The van der Waals surface area contributed by atoms with Gasteiger partial charge in [0.25, 0.3) is 11.8 Å². The summed E-state index contributed by atoms with van der Waals surface area (Å²) in [6.07, 6.45) is 4.90. The van der Waals surface area contributed by atoms with Gasteiger partial charge in [-0.05, 0) is 83.6 Å². The Balaban J connectivity index is 1.29. The average molecular weight is 568 g/mol. The number of hydrogen-bond donors (Lipinski definition) is 4. The Labute approximate surface area is 237 Å². The van der Waals surface area contributed by atoms with Crippen molar-refractivity contribution in [1.82, 2.24) is 15.3 Å². The Kier molecular flexibility index (Phi) is 8.65. The van der Waals surface area contributed by atoms with Crippen LogP contribution in [0, 0.1) is 19.8 Å². The summed E-state index contributed by atoms with van der Waals surface area (Å²) in [6.45, 7) is 9.39. The van der Waals surface area contributed by atoms with Crippen molar-refractivity contribution in [2.24, 2.45) is 17.4 Å². The second-order valence-electron chi connectivity index (χ2n) is 11.1. The molecule has 214 valence electrons. The van der Waals surface area contributed by atoms with Gasteiger partial charge in [-0.25, -0.2) is 4.98 Å². The predicted molar refractivity (Wildman–Crippen MR) is 155 cm³/mol. The molecule has 0 bridgehead atoms. The number of amides is 2. The van der Waals surface area contributed by atoms with Crippen LogP contribution in [0.25, 0.3) is 15.8 Å². The highest BCUT2D eigenvalue weighted by atomic mass is 32.1. The molecule has 0 unspecified atom stereocenters. The van der Waals surface area contributed by atoms with E-state index in [1.165, 1.54) is 12.4 Å². The zero-order valence-electron chi connectivity index (χ0n) is 23.5. The molecule has 1 aliphatic carbocycles.